The number of amides is 1. The van der Waals surface area contributed by atoms with E-state index in [1.807, 2.05) is 6.92 Å². The molecule has 0 aliphatic heterocycles. The fourth-order valence-electron chi connectivity index (χ4n) is 2.28. The van der Waals surface area contributed by atoms with E-state index in [0.717, 1.165) is 18.7 Å². The zero-order chi connectivity index (χ0) is 22.1. The van der Waals surface area contributed by atoms with Crippen LogP contribution in [-0.4, -0.2) is 18.5 Å². The van der Waals surface area contributed by atoms with E-state index < -0.39 is 40.6 Å². The summed E-state index contributed by atoms with van der Waals surface area (Å²) < 4.78 is 45.1. The number of halogens is 3. The second-order valence-electron chi connectivity index (χ2n) is 6.03. The fraction of sp³-hybridized carbons (Fsp3) is 0.190. The van der Waals surface area contributed by atoms with Gasteiger partial charge in [-0.1, -0.05) is 25.5 Å². The van der Waals surface area contributed by atoms with Crippen molar-refractivity contribution < 1.29 is 27.5 Å². The second-order valence-corrected chi connectivity index (χ2v) is 6.03. The molecule has 156 valence electrons. The number of anilines is 2. The molecule has 0 saturated carbocycles. The molecule has 2 rings (SSSR count). The third kappa shape index (κ3) is 5.61. The van der Waals surface area contributed by atoms with Gasteiger partial charge in [0.1, 0.15) is 11.6 Å². The first-order valence-electron chi connectivity index (χ1n) is 8.96. The Kier molecular flexibility index (Phi) is 7.99. The highest BCUT2D eigenvalue weighted by Gasteiger charge is 2.17. The summed E-state index contributed by atoms with van der Waals surface area (Å²) in [7, 11) is 0. The van der Waals surface area contributed by atoms with Gasteiger partial charge in [-0.3, -0.25) is 4.79 Å². The number of nitriles is 1. The Balaban J connectivity index is 2.16. The molecule has 0 spiro atoms. The highest BCUT2D eigenvalue weighted by Crippen LogP contribution is 2.20. The summed E-state index contributed by atoms with van der Waals surface area (Å²) in [6.07, 6.45) is 2.37. The molecule has 0 heterocycles. The number of nitrogens with one attached hydrogen (secondary N) is 2. The second kappa shape index (κ2) is 10.7. The lowest BCUT2D eigenvalue weighted by atomic mass is 10.1. The zero-order valence-electron chi connectivity index (χ0n) is 16.0. The standard InChI is InChI=1S/C21H18F3N3O3/c1-2-3-10-30-21(29)14-6-4-5-7-16(14)27-20(28)13(11-25)12-26-17-9-8-15(22)18(23)19(17)24/h4-9,12,26H,2-3,10H2,1H3,(H,27,28)/b13-12-. The maximum atomic E-state index is 13.7. The van der Waals surface area contributed by atoms with Crippen LogP contribution >= 0.6 is 0 Å². The number of unbranched alkanes of at least 4 members (excludes halogenated alkanes) is 1. The number of carbonyl (C=O) groups excluding carboxylic acids is 2. The quantitative estimate of drug-likeness (QED) is 0.217. The van der Waals surface area contributed by atoms with Crippen LogP contribution in [0.2, 0.25) is 0 Å². The van der Waals surface area contributed by atoms with Crippen molar-refractivity contribution in [2.75, 3.05) is 17.2 Å². The number of hydrogen-bond donors (Lipinski definition) is 2. The van der Waals surface area contributed by atoms with Crippen LogP contribution in [0.15, 0.2) is 48.2 Å². The van der Waals surface area contributed by atoms with E-state index in [1.54, 1.807) is 18.2 Å². The summed E-state index contributed by atoms with van der Waals surface area (Å²) in [6.45, 7) is 2.17. The van der Waals surface area contributed by atoms with Gasteiger partial charge in [-0.15, -0.1) is 0 Å². The van der Waals surface area contributed by atoms with Gasteiger partial charge in [-0.05, 0) is 30.7 Å². The highest BCUT2D eigenvalue weighted by molar-refractivity contribution is 6.09. The average molecular weight is 417 g/mol. The number of ether oxygens (including phenoxy) is 1. The lowest BCUT2D eigenvalue weighted by molar-refractivity contribution is -0.112. The first-order chi connectivity index (χ1) is 14.4. The molecule has 0 fully saturated rings. The largest absolute Gasteiger partial charge is 0.462 e. The molecule has 9 heteroatoms. The normalized spacial score (nSPS) is 10.8. The Bertz CT molecular complexity index is 1020. The van der Waals surface area contributed by atoms with Gasteiger partial charge < -0.3 is 15.4 Å². The maximum Gasteiger partial charge on any atom is 0.340 e. The summed E-state index contributed by atoms with van der Waals surface area (Å²) in [5.41, 5.74) is -0.745. The van der Waals surface area contributed by atoms with Crippen LogP contribution in [0.1, 0.15) is 30.1 Å². The molecule has 0 aromatic heterocycles. The minimum atomic E-state index is -1.69. The van der Waals surface area contributed by atoms with Crippen molar-refractivity contribution in [2.45, 2.75) is 19.8 Å². The predicted molar refractivity (Wildman–Crippen MR) is 104 cm³/mol. The average Bonchev–Trinajstić information content (AvgIpc) is 2.74. The van der Waals surface area contributed by atoms with Gasteiger partial charge in [0.15, 0.2) is 17.5 Å². The predicted octanol–water partition coefficient (Wildman–Crippen LogP) is 4.52. The van der Waals surface area contributed by atoms with E-state index in [2.05, 4.69) is 10.6 Å². The topological polar surface area (TPSA) is 91.2 Å². The van der Waals surface area contributed by atoms with Crippen molar-refractivity contribution in [3.8, 4) is 6.07 Å². The van der Waals surface area contributed by atoms with Crippen LogP contribution in [0.4, 0.5) is 24.5 Å². The van der Waals surface area contributed by atoms with Gasteiger partial charge in [-0.2, -0.15) is 5.26 Å². The minimum absolute atomic E-state index is 0.0962. The van der Waals surface area contributed by atoms with Crippen LogP contribution in [0.25, 0.3) is 0 Å². The monoisotopic (exact) mass is 417 g/mol. The van der Waals surface area contributed by atoms with Gasteiger partial charge in [-0.25, -0.2) is 18.0 Å². The third-order valence-electron chi connectivity index (χ3n) is 3.90. The molecule has 0 unspecified atom stereocenters. The number of rotatable bonds is 8. The van der Waals surface area contributed by atoms with E-state index in [1.165, 1.54) is 12.1 Å². The smallest absolute Gasteiger partial charge is 0.340 e. The van der Waals surface area contributed by atoms with Crippen LogP contribution in [0, 0.1) is 28.8 Å². The van der Waals surface area contributed by atoms with Gasteiger partial charge in [0.05, 0.1) is 23.5 Å². The summed E-state index contributed by atoms with van der Waals surface area (Å²) >= 11 is 0. The van der Waals surface area contributed by atoms with Crippen molar-refractivity contribution in [3.63, 3.8) is 0 Å². The van der Waals surface area contributed by atoms with Crippen LogP contribution in [0.3, 0.4) is 0 Å². The molecule has 2 N–H and O–H groups in total. The molecular weight excluding hydrogens is 399 g/mol. The SMILES string of the molecule is CCCCOC(=O)c1ccccc1NC(=O)/C(C#N)=C\Nc1ccc(F)c(F)c1F. The number of esters is 1. The van der Waals surface area contributed by atoms with E-state index >= 15 is 0 Å². The minimum Gasteiger partial charge on any atom is -0.462 e. The Morgan fingerprint density at radius 3 is 2.53 bits per heavy atom. The first-order valence-corrected chi connectivity index (χ1v) is 8.96. The summed E-state index contributed by atoms with van der Waals surface area (Å²) in [4.78, 5) is 24.6. The lowest BCUT2D eigenvalue weighted by Crippen LogP contribution is -2.18. The van der Waals surface area contributed by atoms with Gasteiger partial charge in [0.25, 0.3) is 5.91 Å². The highest BCUT2D eigenvalue weighted by atomic mass is 19.2. The van der Waals surface area contributed by atoms with E-state index in [0.29, 0.717) is 12.5 Å². The van der Waals surface area contributed by atoms with Crippen molar-refractivity contribution in [3.05, 3.63) is 71.2 Å². The van der Waals surface area contributed by atoms with Crippen LogP contribution in [0.5, 0.6) is 0 Å². The van der Waals surface area contributed by atoms with Crippen molar-refractivity contribution in [1.82, 2.24) is 0 Å². The number of benzene rings is 2. The Labute approximate surface area is 171 Å². The Morgan fingerprint density at radius 1 is 1.10 bits per heavy atom. The molecule has 0 aliphatic rings. The van der Waals surface area contributed by atoms with Crippen LogP contribution < -0.4 is 10.6 Å². The van der Waals surface area contributed by atoms with E-state index in [-0.39, 0.29) is 17.9 Å². The molecule has 1 amide bonds. The first kappa shape index (κ1) is 22.5. The van der Waals surface area contributed by atoms with Crippen LogP contribution in [-0.2, 0) is 9.53 Å². The van der Waals surface area contributed by atoms with Gasteiger partial charge >= 0.3 is 5.97 Å². The van der Waals surface area contributed by atoms with Crippen molar-refractivity contribution in [2.24, 2.45) is 0 Å². The molecular formula is C21H18F3N3O3. The maximum absolute atomic E-state index is 13.7. The molecule has 6 nitrogen and oxygen atoms in total. The number of carbonyl (C=O) groups is 2. The molecule has 30 heavy (non-hydrogen) atoms. The third-order valence-corrected chi connectivity index (χ3v) is 3.90. The zero-order valence-corrected chi connectivity index (χ0v) is 16.0. The lowest BCUT2D eigenvalue weighted by Gasteiger charge is -2.11. The Hall–Kier alpha value is -3.80. The number of hydrogen-bond acceptors (Lipinski definition) is 5. The summed E-state index contributed by atoms with van der Waals surface area (Å²) in [5.74, 6) is -6.09. The van der Waals surface area contributed by atoms with Gasteiger partial charge in [0.2, 0.25) is 0 Å². The molecule has 0 saturated heterocycles. The summed E-state index contributed by atoms with van der Waals surface area (Å²) in [5, 5.41) is 13.9. The molecule has 0 bridgehead atoms. The van der Waals surface area contributed by atoms with Crippen molar-refractivity contribution in [1.29, 1.82) is 5.26 Å². The molecule has 2 aromatic rings. The van der Waals surface area contributed by atoms with Crippen molar-refractivity contribution >= 4 is 23.3 Å². The number of nitrogens with zero attached hydrogens (tertiary/aromatic N) is 1. The van der Waals surface area contributed by atoms with E-state index in [9.17, 15) is 28.0 Å². The summed E-state index contributed by atoms with van der Waals surface area (Å²) in [6, 6.07) is 9.28. The molecule has 0 radical (unpaired) electrons. The molecule has 0 aliphatic carbocycles. The van der Waals surface area contributed by atoms with E-state index in [4.69, 9.17) is 4.74 Å². The molecule has 0 atom stereocenters. The fourth-order valence-corrected chi connectivity index (χ4v) is 2.28. The Morgan fingerprint density at radius 2 is 1.83 bits per heavy atom. The van der Waals surface area contributed by atoms with Gasteiger partial charge in [0, 0.05) is 6.20 Å². The molecule has 2 aromatic carbocycles. The number of para-hydroxylation sites is 1.